The molecule has 0 bridgehead atoms. The lowest BCUT2D eigenvalue weighted by atomic mass is 9.99. The van der Waals surface area contributed by atoms with Crippen LogP contribution >= 0.6 is 0 Å². The van der Waals surface area contributed by atoms with Crippen LogP contribution in [0.3, 0.4) is 0 Å². The van der Waals surface area contributed by atoms with Crippen molar-refractivity contribution >= 4 is 17.5 Å². The topological polar surface area (TPSA) is 80.2 Å². The molecule has 142 valence electrons. The minimum absolute atomic E-state index is 0.165. The summed E-state index contributed by atoms with van der Waals surface area (Å²) in [6.45, 7) is 4.47. The predicted molar refractivity (Wildman–Crippen MR) is 103 cm³/mol. The van der Waals surface area contributed by atoms with Crippen molar-refractivity contribution in [3.8, 4) is 0 Å². The summed E-state index contributed by atoms with van der Waals surface area (Å²) >= 11 is 0. The van der Waals surface area contributed by atoms with Gasteiger partial charge in [-0.1, -0.05) is 0 Å². The van der Waals surface area contributed by atoms with Crippen molar-refractivity contribution in [1.82, 2.24) is 15.0 Å². The second-order valence-corrected chi connectivity index (χ2v) is 7.15. The van der Waals surface area contributed by atoms with Crippen LogP contribution < -0.4 is 10.2 Å². The third kappa shape index (κ3) is 3.93. The molecule has 7 heteroatoms. The summed E-state index contributed by atoms with van der Waals surface area (Å²) in [6, 6.07) is 2.37. The number of nitrogens with one attached hydrogen (secondary N) is 1. The molecule has 2 aliphatic rings. The van der Waals surface area contributed by atoms with Gasteiger partial charge in [0.2, 0.25) is 0 Å². The van der Waals surface area contributed by atoms with Crippen LogP contribution in [0.2, 0.25) is 0 Å². The first kappa shape index (κ1) is 17.9. The number of aromatic nitrogens is 3. The van der Waals surface area contributed by atoms with Crippen LogP contribution in [0.1, 0.15) is 47.8 Å². The van der Waals surface area contributed by atoms with E-state index in [1.54, 1.807) is 18.6 Å². The average Bonchev–Trinajstić information content (AvgIpc) is 2.94. The molecule has 1 N–H and O–H groups in total. The Hall–Kier alpha value is -2.54. The number of carbonyl (C=O) groups excluding carboxylic acids is 1. The maximum Gasteiger partial charge on any atom is 0.257 e. The minimum atomic E-state index is -0.165. The predicted octanol–water partition coefficient (Wildman–Crippen LogP) is 2.62. The molecule has 1 fully saturated rings. The Morgan fingerprint density at radius 1 is 1.26 bits per heavy atom. The highest BCUT2D eigenvalue weighted by Gasteiger charge is 2.25. The smallest absolute Gasteiger partial charge is 0.257 e. The van der Waals surface area contributed by atoms with E-state index in [-0.39, 0.29) is 5.91 Å². The molecule has 0 aromatic carbocycles. The Morgan fingerprint density at radius 2 is 2.15 bits per heavy atom. The van der Waals surface area contributed by atoms with E-state index in [2.05, 4.69) is 27.1 Å². The van der Waals surface area contributed by atoms with Crippen molar-refractivity contribution in [1.29, 1.82) is 0 Å². The Kier molecular flexibility index (Phi) is 5.29. The van der Waals surface area contributed by atoms with Crippen molar-refractivity contribution in [2.75, 3.05) is 30.0 Å². The van der Waals surface area contributed by atoms with Gasteiger partial charge in [-0.25, -0.2) is 9.97 Å². The van der Waals surface area contributed by atoms with E-state index in [1.807, 2.05) is 6.07 Å². The van der Waals surface area contributed by atoms with Gasteiger partial charge in [0.05, 0.1) is 19.4 Å². The van der Waals surface area contributed by atoms with E-state index in [1.165, 1.54) is 6.42 Å². The normalized spacial score (nSPS) is 19.9. The maximum atomic E-state index is 13.0. The molecule has 0 aliphatic carbocycles. The van der Waals surface area contributed by atoms with Crippen LogP contribution in [0.4, 0.5) is 11.6 Å². The summed E-state index contributed by atoms with van der Waals surface area (Å²) in [5, 5.41) is 2.87. The van der Waals surface area contributed by atoms with Gasteiger partial charge in [-0.15, -0.1) is 0 Å². The van der Waals surface area contributed by atoms with Gasteiger partial charge >= 0.3 is 0 Å². The van der Waals surface area contributed by atoms with Crippen LogP contribution in [0.15, 0.2) is 24.7 Å². The van der Waals surface area contributed by atoms with Gasteiger partial charge in [0.15, 0.2) is 5.82 Å². The Bertz CT molecular complexity index is 812. The third-order valence-electron chi connectivity index (χ3n) is 5.32. The molecule has 1 amide bonds. The molecule has 2 aromatic rings. The summed E-state index contributed by atoms with van der Waals surface area (Å²) in [7, 11) is 0. The molecule has 0 saturated carbocycles. The van der Waals surface area contributed by atoms with Crippen molar-refractivity contribution < 1.29 is 9.53 Å². The first-order valence-electron chi connectivity index (χ1n) is 9.67. The molecule has 7 nitrogen and oxygen atoms in total. The number of hydrogen-bond acceptors (Lipinski definition) is 6. The van der Waals surface area contributed by atoms with Crippen LogP contribution in [-0.2, 0) is 17.6 Å². The second-order valence-electron chi connectivity index (χ2n) is 7.15. The van der Waals surface area contributed by atoms with Crippen molar-refractivity contribution in [3.05, 3.63) is 41.5 Å². The fraction of sp³-hybridized carbons (Fsp3) is 0.500. The number of fused-ring (bicyclic) bond motifs is 1. The van der Waals surface area contributed by atoms with E-state index in [0.717, 1.165) is 42.9 Å². The molecule has 4 heterocycles. The van der Waals surface area contributed by atoms with Crippen LogP contribution in [0.25, 0.3) is 0 Å². The monoisotopic (exact) mass is 367 g/mol. The molecule has 1 atom stereocenters. The molecule has 0 unspecified atom stereocenters. The number of hydrogen-bond donors (Lipinski definition) is 1. The van der Waals surface area contributed by atoms with Crippen molar-refractivity contribution in [2.45, 2.75) is 45.1 Å². The summed E-state index contributed by atoms with van der Waals surface area (Å²) in [4.78, 5) is 28.5. The van der Waals surface area contributed by atoms with Crippen molar-refractivity contribution in [3.63, 3.8) is 0 Å². The fourth-order valence-corrected chi connectivity index (χ4v) is 3.88. The van der Waals surface area contributed by atoms with Crippen molar-refractivity contribution in [2.24, 2.45) is 0 Å². The van der Waals surface area contributed by atoms with E-state index < -0.39 is 0 Å². The lowest BCUT2D eigenvalue weighted by molar-refractivity contribution is 0.102. The number of pyridine rings is 1. The van der Waals surface area contributed by atoms with Gasteiger partial charge in [0.1, 0.15) is 5.82 Å². The highest BCUT2D eigenvalue weighted by atomic mass is 16.5. The standard InChI is InChI=1S/C20H25N5O2/c1-14-4-2-3-9-25(14)19-12-16(15-5-10-27-11-6-17(15)23-19)20(26)24-18-13-21-7-8-22-18/h7-8,12-14H,2-6,9-11H2,1H3,(H,22,24,26)/t14-/m1/s1. The molecule has 0 radical (unpaired) electrons. The van der Waals surface area contributed by atoms with Gasteiger partial charge < -0.3 is 15.0 Å². The Balaban J connectivity index is 1.71. The number of piperidine rings is 1. The first-order chi connectivity index (χ1) is 13.2. The zero-order chi connectivity index (χ0) is 18.6. The largest absolute Gasteiger partial charge is 0.381 e. The lowest BCUT2D eigenvalue weighted by Crippen LogP contribution is -2.38. The summed E-state index contributed by atoms with van der Waals surface area (Å²) in [6.07, 6.45) is 9.69. The molecule has 2 aromatic heterocycles. The van der Waals surface area contributed by atoms with Gasteiger partial charge in [-0.3, -0.25) is 9.78 Å². The first-order valence-corrected chi connectivity index (χ1v) is 9.67. The summed E-state index contributed by atoms with van der Waals surface area (Å²) < 4.78 is 5.63. The molecular weight excluding hydrogens is 342 g/mol. The third-order valence-corrected chi connectivity index (χ3v) is 5.32. The molecule has 2 aliphatic heterocycles. The number of ether oxygens (including phenoxy) is 1. The SMILES string of the molecule is C[C@@H]1CCCCN1c1cc(C(=O)Nc2cnccn2)c2c(n1)CCOCC2. The summed E-state index contributed by atoms with van der Waals surface area (Å²) in [5.41, 5.74) is 2.64. The second kappa shape index (κ2) is 8.00. The van der Waals surface area contributed by atoms with E-state index >= 15 is 0 Å². The Labute approximate surface area is 159 Å². The number of nitrogens with zero attached hydrogens (tertiary/aromatic N) is 4. The van der Waals surface area contributed by atoms with Gasteiger partial charge in [-0.05, 0) is 44.2 Å². The minimum Gasteiger partial charge on any atom is -0.381 e. The van der Waals surface area contributed by atoms with Crippen LogP contribution in [0.5, 0.6) is 0 Å². The van der Waals surface area contributed by atoms with Crippen LogP contribution in [0, 0.1) is 0 Å². The number of rotatable bonds is 3. The number of carbonyl (C=O) groups is 1. The molecular formula is C20H25N5O2. The number of anilines is 2. The van der Waals surface area contributed by atoms with Gasteiger partial charge in [-0.2, -0.15) is 0 Å². The quantitative estimate of drug-likeness (QED) is 0.898. The van der Waals surface area contributed by atoms with E-state index in [0.29, 0.717) is 37.1 Å². The van der Waals surface area contributed by atoms with Gasteiger partial charge in [0.25, 0.3) is 5.91 Å². The zero-order valence-electron chi connectivity index (χ0n) is 15.6. The summed E-state index contributed by atoms with van der Waals surface area (Å²) in [5.74, 6) is 1.18. The highest BCUT2D eigenvalue weighted by Crippen LogP contribution is 2.28. The van der Waals surface area contributed by atoms with Crippen LogP contribution in [-0.4, -0.2) is 46.7 Å². The van der Waals surface area contributed by atoms with Gasteiger partial charge in [0, 0.05) is 42.7 Å². The molecule has 0 spiro atoms. The lowest BCUT2D eigenvalue weighted by Gasteiger charge is -2.35. The van der Waals surface area contributed by atoms with E-state index in [4.69, 9.17) is 9.72 Å². The molecule has 4 rings (SSSR count). The van der Waals surface area contributed by atoms with E-state index in [9.17, 15) is 4.79 Å². The molecule has 1 saturated heterocycles. The Morgan fingerprint density at radius 3 is 2.96 bits per heavy atom. The zero-order valence-corrected chi connectivity index (χ0v) is 15.6. The molecule has 27 heavy (non-hydrogen) atoms. The number of amides is 1. The average molecular weight is 367 g/mol. The highest BCUT2D eigenvalue weighted by molar-refractivity contribution is 6.05. The fourth-order valence-electron chi connectivity index (χ4n) is 3.88. The maximum absolute atomic E-state index is 13.0.